The van der Waals surface area contributed by atoms with Crippen LogP contribution in [0.4, 0.5) is 0 Å². The third kappa shape index (κ3) is 2.70. The summed E-state index contributed by atoms with van der Waals surface area (Å²) in [7, 11) is 0. The van der Waals surface area contributed by atoms with E-state index < -0.39 is 5.97 Å². The van der Waals surface area contributed by atoms with E-state index in [1.807, 2.05) is 0 Å². The Balaban J connectivity index is 2.69. The van der Waals surface area contributed by atoms with E-state index in [1.54, 1.807) is 12.1 Å². The van der Waals surface area contributed by atoms with Crippen LogP contribution in [0.3, 0.4) is 0 Å². The number of aromatic nitrogens is 2. The fourth-order valence-corrected chi connectivity index (χ4v) is 1.29. The summed E-state index contributed by atoms with van der Waals surface area (Å²) in [5.74, 6) is -1.06. The predicted molar refractivity (Wildman–Crippen MR) is 55.4 cm³/mol. The second kappa shape index (κ2) is 4.57. The molecule has 0 aliphatic carbocycles. The van der Waals surface area contributed by atoms with Gasteiger partial charge in [-0.25, -0.2) is 4.79 Å². The number of thioether (sulfide) groups is 1. The molecule has 72 valence electrons. The van der Waals surface area contributed by atoms with Crippen molar-refractivity contribution in [1.82, 2.24) is 10.2 Å². The van der Waals surface area contributed by atoms with Gasteiger partial charge in [-0.2, -0.15) is 10.2 Å². The van der Waals surface area contributed by atoms with E-state index in [-0.39, 0.29) is 4.91 Å². The van der Waals surface area contributed by atoms with Crippen molar-refractivity contribution in [3.05, 3.63) is 42.1 Å². The van der Waals surface area contributed by atoms with Crippen LogP contribution in [-0.2, 0) is 4.79 Å². The van der Waals surface area contributed by atoms with Gasteiger partial charge in [0.1, 0.15) is 0 Å². The van der Waals surface area contributed by atoms with Crippen molar-refractivity contribution >= 4 is 22.6 Å². The Morgan fingerprint density at radius 1 is 1.50 bits per heavy atom. The van der Waals surface area contributed by atoms with E-state index >= 15 is 0 Å². The number of nitrogens with zero attached hydrogens (tertiary/aromatic N) is 2. The maximum atomic E-state index is 10.5. The van der Waals surface area contributed by atoms with Crippen LogP contribution < -0.4 is 0 Å². The minimum atomic E-state index is -1.06. The van der Waals surface area contributed by atoms with Crippen molar-refractivity contribution < 1.29 is 9.90 Å². The summed E-state index contributed by atoms with van der Waals surface area (Å²) in [4.78, 5) is 11.0. The molecule has 1 rings (SSSR count). The van der Waals surface area contributed by atoms with Gasteiger partial charge < -0.3 is 5.11 Å². The van der Waals surface area contributed by atoms with E-state index in [0.29, 0.717) is 10.6 Å². The van der Waals surface area contributed by atoms with Crippen LogP contribution in [0.15, 0.2) is 36.4 Å². The highest BCUT2D eigenvalue weighted by atomic mass is 32.2. The average Bonchev–Trinajstić information content (AvgIpc) is 2.19. The SMILES string of the molecule is C=C(SC(=C)c1cccnn1)C(=O)O. The Morgan fingerprint density at radius 2 is 2.21 bits per heavy atom. The molecule has 1 heterocycles. The molecule has 0 unspecified atom stereocenters. The number of carboxylic acids is 1. The van der Waals surface area contributed by atoms with Gasteiger partial charge in [0.15, 0.2) is 0 Å². The van der Waals surface area contributed by atoms with Crippen LogP contribution in [0, 0.1) is 0 Å². The van der Waals surface area contributed by atoms with E-state index in [1.165, 1.54) is 6.20 Å². The minimum absolute atomic E-state index is 0.0145. The lowest BCUT2D eigenvalue weighted by Gasteiger charge is -2.02. The van der Waals surface area contributed by atoms with Crippen molar-refractivity contribution in [3.8, 4) is 0 Å². The van der Waals surface area contributed by atoms with Gasteiger partial charge in [0.2, 0.25) is 0 Å². The van der Waals surface area contributed by atoms with Crippen molar-refractivity contribution in [2.24, 2.45) is 0 Å². The van der Waals surface area contributed by atoms with Crippen molar-refractivity contribution in [3.63, 3.8) is 0 Å². The highest BCUT2D eigenvalue weighted by Gasteiger charge is 2.09. The quantitative estimate of drug-likeness (QED) is 0.764. The highest BCUT2D eigenvalue weighted by molar-refractivity contribution is 8.12. The summed E-state index contributed by atoms with van der Waals surface area (Å²) in [5.41, 5.74) is 0.555. The van der Waals surface area contributed by atoms with E-state index in [4.69, 9.17) is 5.11 Å². The largest absolute Gasteiger partial charge is 0.477 e. The molecule has 1 N–H and O–H groups in total. The second-order valence-electron chi connectivity index (χ2n) is 2.36. The number of rotatable bonds is 4. The third-order valence-corrected chi connectivity index (χ3v) is 2.22. The van der Waals surface area contributed by atoms with Crippen LogP contribution in [0.5, 0.6) is 0 Å². The molecule has 0 saturated heterocycles. The average molecular weight is 208 g/mol. The van der Waals surface area contributed by atoms with Gasteiger partial charge in [0.05, 0.1) is 10.6 Å². The number of aliphatic carboxylic acids is 1. The topological polar surface area (TPSA) is 63.1 Å². The Morgan fingerprint density at radius 3 is 2.71 bits per heavy atom. The Kier molecular flexibility index (Phi) is 3.41. The number of hydrogen-bond acceptors (Lipinski definition) is 4. The summed E-state index contributed by atoms with van der Waals surface area (Å²) in [6.45, 7) is 7.06. The lowest BCUT2D eigenvalue weighted by atomic mass is 10.4. The van der Waals surface area contributed by atoms with Crippen molar-refractivity contribution in [2.45, 2.75) is 0 Å². The molecule has 0 aliphatic rings. The molecule has 0 radical (unpaired) electrons. The molecule has 1 aromatic rings. The standard InChI is InChI=1S/C9H8N2O2S/c1-6(14-7(2)9(12)13)8-4-3-5-10-11-8/h3-5H,1-2H2,(H,12,13). The highest BCUT2D eigenvalue weighted by Crippen LogP contribution is 2.29. The first-order valence-electron chi connectivity index (χ1n) is 3.68. The summed E-state index contributed by atoms with van der Waals surface area (Å²) >= 11 is 0.970. The molecule has 0 saturated carbocycles. The molecule has 0 amide bonds. The minimum Gasteiger partial charge on any atom is -0.477 e. The number of carboxylic acid groups (broad SMARTS) is 1. The van der Waals surface area contributed by atoms with Crippen LogP contribution in [0.1, 0.15) is 5.69 Å². The fourth-order valence-electron chi connectivity index (χ4n) is 0.695. The van der Waals surface area contributed by atoms with E-state index in [0.717, 1.165) is 11.8 Å². The van der Waals surface area contributed by atoms with Crippen LogP contribution in [-0.4, -0.2) is 21.3 Å². The third-order valence-electron chi connectivity index (χ3n) is 1.34. The van der Waals surface area contributed by atoms with Crippen LogP contribution >= 0.6 is 11.8 Å². The number of carbonyl (C=O) groups is 1. The molecule has 5 heteroatoms. The van der Waals surface area contributed by atoms with Gasteiger partial charge in [0, 0.05) is 11.1 Å². The molecule has 0 aliphatic heterocycles. The molecule has 1 aromatic heterocycles. The summed E-state index contributed by atoms with van der Waals surface area (Å²) < 4.78 is 0. The van der Waals surface area contributed by atoms with Gasteiger partial charge >= 0.3 is 5.97 Å². The molecule has 0 atom stereocenters. The lowest BCUT2D eigenvalue weighted by molar-refractivity contribution is -0.131. The molecular formula is C9H8N2O2S. The van der Waals surface area contributed by atoms with Gasteiger partial charge in [-0.3, -0.25) is 0 Å². The van der Waals surface area contributed by atoms with Gasteiger partial charge in [-0.15, -0.1) is 0 Å². The summed E-state index contributed by atoms with van der Waals surface area (Å²) in [6.07, 6.45) is 1.54. The molecule has 0 fully saturated rings. The first kappa shape index (κ1) is 10.5. The summed E-state index contributed by atoms with van der Waals surface area (Å²) in [6, 6.07) is 3.41. The van der Waals surface area contributed by atoms with Gasteiger partial charge in [-0.1, -0.05) is 24.9 Å². The van der Waals surface area contributed by atoms with Gasteiger partial charge in [-0.05, 0) is 12.1 Å². The lowest BCUT2D eigenvalue weighted by Crippen LogP contribution is -1.95. The maximum absolute atomic E-state index is 10.5. The van der Waals surface area contributed by atoms with Crippen molar-refractivity contribution in [2.75, 3.05) is 0 Å². The Hall–Kier alpha value is -1.62. The molecule has 0 bridgehead atoms. The molecular weight excluding hydrogens is 200 g/mol. The van der Waals surface area contributed by atoms with E-state index in [9.17, 15) is 4.79 Å². The molecule has 0 spiro atoms. The molecule has 14 heavy (non-hydrogen) atoms. The Bertz CT molecular complexity index is 376. The first-order chi connectivity index (χ1) is 6.61. The van der Waals surface area contributed by atoms with Crippen LogP contribution in [0.2, 0.25) is 0 Å². The number of hydrogen-bond donors (Lipinski definition) is 1. The predicted octanol–water partition coefficient (Wildman–Crippen LogP) is 1.78. The van der Waals surface area contributed by atoms with E-state index in [2.05, 4.69) is 23.4 Å². The second-order valence-corrected chi connectivity index (χ2v) is 3.55. The van der Waals surface area contributed by atoms with Crippen molar-refractivity contribution in [1.29, 1.82) is 0 Å². The summed E-state index contributed by atoms with van der Waals surface area (Å²) in [5, 5.41) is 16.0. The normalized spacial score (nSPS) is 9.43. The fraction of sp³-hybridized carbons (Fsp3) is 0. The molecule has 0 aromatic carbocycles. The maximum Gasteiger partial charge on any atom is 0.341 e. The molecule has 4 nitrogen and oxygen atoms in total. The first-order valence-corrected chi connectivity index (χ1v) is 4.50. The van der Waals surface area contributed by atoms with Gasteiger partial charge in [0.25, 0.3) is 0 Å². The Labute approximate surface area is 85.4 Å². The van der Waals surface area contributed by atoms with Crippen LogP contribution in [0.25, 0.3) is 4.91 Å². The smallest absolute Gasteiger partial charge is 0.341 e. The zero-order valence-corrected chi connectivity index (χ0v) is 8.12. The zero-order chi connectivity index (χ0) is 10.6. The zero-order valence-electron chi connectivity index (χ0n) is 7.30. The monoisotopic (exact) mass is 208 g/mol.